The summed E-state index contributed by atoms with van der Waals surface area (Å²) in [4.78, 5) is 23.1. The topological polar surface area (TPSA) is 72.1 Å². The molecular formula is C15H16N4O. The maximum Gasteiger partial charge on any atom is 0.274 e. The van der Waals surface area contributed by atoms with Gasteiger partial charge in [-0.25, -0.2) is 4.98 Å². The van der Waals surface area contributed by atoms with Crippen molar-refractivity contribution in [1.82, 2.24) is 14.9 Å². The summed E-state index contributed by atoms with van der Waals surface area (Å²) >= 11 is 0. The van der Waals surface area contributed by atoms with Crippen LogP contribution in [0.1, 0.15) is 23.3 Å². The second-order valence-corrected chi connectivity index (χ2v) is 5.89. The van der Waals surface area contributed by atoms with Gasteiger partial charge in [0.05, 0.1) is 0 Å². The number of aromatic nitrogens is 2. The molecule has 1 aliphatic heterocycles. The van der Waals surface area contributed by atoms with E-state index in [0.717, 1.165) is 24.8 Å². The Kier molecular flexibility index (Phi) is 2.35. The van der Waals surface area contributed by atoms with Gasteiger partial charge in [-0.15, -0.1) is 0 Å². The van der Waals surface area contributed by atoms with E-state index in [1.807, 2.05) is 23.1 Å². The number of nitrogens with zero attached hydrogens (tertiary/aromatic N) is 3. The first-order chi connectivity index (χ1) is 9.67. The Balaban J connectivity index is 1.71. The quantitative estimate of drug-likeness (QED) is 0.843. The minimum absolute atomic E-state index is 0.0477. The first kappa shape index (κ1) is 11.8. The fourth-order valence-corrected chi connectivity index (χ4v) is 3.35. The van der Waals surface area contributed by atoms with Gasteiger partial charge >= 0.3 is 0 Å². The zero-order valence-electron chi connectivity index (χ0n) is 11.1. The van der Waals surface area contributed by atoms with E-state index in [2.05, 4.69) is 9.97 Å². The SMILES string of the molecule is N[C@]12CC[C@H]1CN(C(=O)c1nccc3cccnc13)C2. The van der Waals surface area contributed by atoms with Gasteiger partial charge in [-0.2, -0.15) is 0 Å². The Morgan fingerprint density at radius 2 is 2.25 bits per heavy atom. The van der Waals surface area contributed by atoms with Crippen LogP contribution >= 0.6 is 0 Å². The van der Waals surface area contributed by atoms with Crippen LogP contribution in [0.2, 0.25) is 0 Å². The lowest BCUT2D eigenvalue weighted by Gasteiger charge is -2.39. The standard InChI is InChI=1S/C15H16N4O/c16-15-5-3-11(15)8-19(9-15)14(20)13-12-10(4-7-18-13)2-1-6-17-12/h1-2,4,6-7,11H,3,5,8-9,16H2/t11-,15-/m0/s1. The van der Waals surface area contributed by atoms with Crippen LogP contribution in [-0.4, -0.2) is 39.4 Å². The third-order valence-electron chi connectivity index (χ3n) is 4.71. The van der Waals surface area contributed by atoms with Crippen LogP contribution in [0.15, 0.2) is 30.6 Å². The van der Waals surface area contributed by atoms with Gasteiger partial charge in [0.1, 0.15) is 5.52 Å². The summed E-state index contributed by atoms with van der Waals surface area (Å²) in [5.74, 6) is 0.405. The minimum atomic E-state index is -0.159. The highest BCUT2D eigenvalue weighted by Crippen LogP contribution is 2.42. The Labute approximate surface area is 116 Å². The minimum Gasteiger partial charge on any atom is -0.335 e. The Bertz CT molecular complexity index is 696. The largest absolute Gasteiger partial charge is 0.335 e. The highest BCUT2D eigenvalue weighted by Gasteiger charge is 2.51. The van der Waals surface area contributed by atoms with Gasteiger partial charge in [0.25, 0.3) is 5.91 Å². The van der Waals surface area contributed by atoms with Gasteiger partial charge in [-0.1, -0.05) is 6.07 Å². The number of rotatable bonds is 1. The van der Waals surface area contributed by atoms with Gasteiger partial charge in [-0.05, 0) is 30.9 Å². The molecule has 5 heteroatoms. The fourth-order valence-electron chi connectivity index (χ4n) is 3.35. The van der Waals surface area contributed by atoms with E-state index in [1.54, 1.807) is 12.4 Å². The Hall–Kier alpha value is -2.01. The first-order valence-electron chi connectivity index (χ1n) is 6.95. The summed E-state index contributed by atoms with van der Waals surface area (Å²) < 4.78 is 0. The molecule has 1 saturated carbocycles. The van der Waals surface area contributed by atoms with Crippen LogP contribution in [0.3, 0.4) is 0 Å². The molecule has 3 heterocycles. The van der Waals surface area contributed by atoms with Gasteiger partial charge < -0.3 is 10.6 Å². The molecule has 20 heavy (non-hydrogen) atoms. The van der Waals surface area contributed by atoms with Crippen molar-refractivity contribution >= 4 is 16.8 Å². The average Bonchev–Trinajstić information content (AvgIpc) is 2.70. The molecule has 5 nitrogen and oxygen atoms in total. The predicted octanol–water partition coefficient (Wildman–Crippen LogP) is 1.19. The summed E-state index contributed by atoms with van der Waals surface area (Å²) in [6, 6.07) is 5.68. The fraction of sp³-hybridized carbons (Fsp3) is 0.400. The second-order valence-electron chi connectivity index (χ2n) is 5.89. The molecule has 1 aliphatic carbocycles. The lowest BCUT2D eigenvalue weighted by Crippen LogP contribution is -2.54. The van der Waals surface area contributed by atoms with Crippen molar-refractivity contribution in [2.75, 3.05) is 13.1 Å². The highest BCUT2D eigenvalue weighted by molar-refractivity contribution is 6.03. The molecule has 2 aliphatic rings. The summed E-state index contributed by atoms with van der Waals surface area (Å²) in [6.07, 6.45) is 5.50. The van der Waals surface area contributed by atoms with Gasteiger partial charge in [-0.3, -0.25) is 9.78 Å². The maximum absolute atomic E-state index is 12.7. The highest BCUT2D eigenvalue weighted by atomic mass is 16.2. The smallest absolute Gasteiger partial charge is 0.274 e. The number of fused-ring (bicyclic) bond motifs is 2. The molecule has 2 atom stereocenters. The molecule has 2 aromatic rings. The second kappa shape index (κ2) is 3.99. The van der Waals surface area contributed by atoms with E-state index in [9.17, 15) is 4.79 Å². The molecule has 0 bridgehead atoms. The normalized spacial score (nSPS) is 28.2. The van der Waals surface area contributed by atoms with Gasteiger partial charge in [0.2, 0.25) is 0 Å². The summed E-state index contributed by atoms with van der Waals surface area (Å²) in [5.41, 5.74) is 7.25. The monoisotopic (exact) mass is 268 g/mol. The number of amides is 1. The molecule has 4 rings (SSSR count). The molecular weight excluding hydrogens is 252 g/mol. The molecule has 0 spiro atoms. The third-order valence-corrected chi connectivity index (χ3v) is 4.71. The van der Waals surface area contributed by atoms with E-state index in [0.29, 0.717) is 23.7 Å². The number of hydrogen-bond donors (Lipinski definition) is 1. The van der Waals surface area contributed by atoms with Crippen LogP contribution in [0, 0.1) is 5.92 Å². The molecule has 1 saturated heterocycles. The molecule has 0 aromatic carbocycles. The number of pyridine rings is 2. The van der Waals surface area contributed by atoms with Crippen LogP contribution in [0.5, 0.6) is 0 Å². The Morgan fingerprint density at radius 3 is 2.95 bits per heavy atom. The zero-order valence-corrected chi connectivity index (χ0v) is 11.1. The zero-order chi connectivity index (χ0) is 13.7. The average molecular weight is 268 g/mol. The molecule has 2 fully saturated rings. The van der Waals surface area contributed by atoms with Crippen molar-refractivity contribution in [2.24, 2.45) is 11.7 Å². The van der Waals surface area contributed by atoms with Crippen LogP contribution in [0.4, 0.5) is 0 Å². The lowest BCUT2D eigenvalue weighted by molar-refractivity contribution is 0.0781. The lowest BCUT2D eigenvalue weighted by atomic mass is 9.70. The van der Waals surface area contributed by atoms with Crippen molar-refractivity contribution in [3.8, 4) is 0 Å². The summed E-state index contributed by atoms with van der Waals surface area (Å²) in [5, 5.41) is 0.940. The van der Waals surface area contributed by atoms with Crippen molar-refractivity contribution in [1.29, 1.82) is 0 Å². The van der Waals surface area contributed by atoms with Gasteiger partial charge in [0, 0.05) is 36.4 Å². The van der Waals surface area contributed by atoms with E-state index >= 15 is 0 Å². The Morgan fingerprint density at radius 1 is 1.35 bits per heavy atom. The van der Waals surface area contributed by atoms with E-state index < -0.39 is 0 Å². The van der Waals surface area contributed by atoms with Crippen LogP contribution < -0.4 is 5.73 Å². The third kappa shape index (κ3) is 1.56. The molecule has 1 amide bonds. The van der Waals surface area contributed by atoms with E-state index in [4.69, 9.17) is 5.73 Å². The number of nitrogens with two attached hydrogens (primary N) is 1. The predicted molar refractivity (Wildman–Crippen MR) is 75.1 cm³/mol. The molecule has 0 radical (unpaired) electrons. The van der Waals surface area contributed by atoms with Crippen molar-refractivity contribution < 1.29 is 4.79 Å². The molecule has 2 N–H and O–H groups in total. The number of carbonyl (C=O) groups is 1. The van der Waals surface area contributed by atoms with Crippen LogP contribution in [0.25, 0.3) is 10.9 Å². The van der Waals surface area contributed by atoms with E-state index in [-0.39, 0.29) is 11.4 Å². The maximum atomic E-state index is 12.7. The van der Waals surface area contributed by atoms with Crippen LogP contribution in [-0.2, 0) is 0 Å². The first-order valence-corrected chi connectivity index (χ1v) is 6.95. The van der Waals surface area contributed by atoms with E-state index in [1.165, 1.54) is 0 Å². The molecule has 0 unspecified atom stereocenters. The van der Waals surface area contributed by atoms with Crippen molar-refractivity contribution in [3.05, 3.63) is 36.3 Å². The summed E-state index contributed by atoms with van der Waals surface area (Å²) in [7, 11) is 0. The summed E-state index contributed by atoms with van der Waals surface area (Å²) in [6.45, 7) is 1.39. The number of likely N-dealkylation sites (tertiary alicyclic amines) is 1. The van der Waals surface area contributed by atoms with Crippen molar-refractivity contribution in [3.63, 3.8) is 0 Å². The number of hydrogen-bond acceptors (Lipinski definition) is 4. The molecule has 102 valence electrons. The van der Waals surface area contributed by atoms with Crippen molar-refractivity contribution in [2.45, 2.75) is 18.4 Å². The van der Waals surface area contributed by atoms with Gasteiger partial charge in [0.15, 0.2) is 5.69 Å². The molecule has 2 aromatic heterocycles. The number of carbonyl (C=O) groups excluding carboxylic acids is 1.